The van der Waals surface area contributed by atoms with E-state index in [1.54, 1.807) is 20.8 Å². The average Bonchev–Trinajstić information content (AvgIpc) is 3.26. The zero-order chi connectivity index (χ0) is 27.4. The normalized spacial score (nSPS) is 18.4. The molecule has 11 heteroatoms. The van der Waals surface area contributed by atoms with E-state index in [9.17, 15) is 25.0 Å². The summed E-state index contributed by atoms with van der Waals surface area (Å²) in [5, 5.41) is 24.3. The number of hydrogen-bond acceptors (Lipinski definition) is 8. The molecule has 1 unspecified atom stereocenters. The van der Waals surface area contributed by atoms with Crippen LogP contribution in [0.2, 0.25) is 0 Å². The minimum atomic E-state index is -0.885. The summed E-state index contributed by atoms with van der Waals surface area (Å²) in [4.78, 5) is 38.1. The molecule has 4 rings (SSSR count). The molecule has 0 spiro atoms. The summed E-state index contributed by atoms with van der Waals surface area (Å²) in [6.07, 6.45) is 0.730. The highest BCUT2D eigenvalue weighted by Crippen LogP contribution is 2.49. The molecule has 198 valence electrons. The summed E-state index contributed by atoms with van der Waals surface area (Å²) in [5.74, 6) is 1.20. The van der Waals surface area contributed by atoms with Gasteiger partial charge < -0.3 is 19.1 Å². The third kappa shape index (κ3) is 4.26. The molecule has 0 radical (unpaired) electrons. The van der Waals surface area contributed by atoms with Crippen molar-refractivity contribution in [2.75, 3.05) is 27.5 Å². The largest absolute Gasteiger partial charge is 0.492 e. The number of nitrogens with one attached hydrogen (secondary N) is 1. The summed E-state index contributed by atoms with van der Waals surface area (Å²) in [5.41, 5.74) is 0.527. The highest BCUT2D eigenvalue weighted by molar-refractivity contribution is 6.02. The van der Waals surface area contributed by atoms with Gasteiger partial charge in [-0.3, -0.25) is 25.0 Å². The van der Waals surface area contributed by atoms with Gasteiger partial charge in [-0.2, -0.15) is 0 Å². The number of likely N-dealkylation sites (N-methyl/N-ethyl adjacent to an activating group) is 1. The van der Waals surface area contributed by atoms with Crippen LogP contribution in [0, 0.1) is 34.1 Å². The maximum atomic E-state index is 13.9. The van der Waals surface area contributed by atoms with Crippen LogP contribution in [0.15, 0.2) is 6.07 Å². The Morgan fingerprint density at radius 3 is 2.24 bits per heavy atom. The second-order valence-electron chi connectivity index (χ2n) is 10.7. The lowest BCUT2D eigenvalue weighted by molar-refractivity contribution is -0.913. The van der Waals surface area contributed by atoms with Crippen molar-refractivity contribution in [2.24, 2.45) is 0 Å². The number of nitrogens with zero attached hydrogens (tertiary/aromatic N) is 2. The molecule has 0 saturated heterocycles. The second kappa shape index (κ2) is 9.29. The molecule has 0 aromatic heterocycles. The first-order valence-electron chi connectivity index (χ1n) is 12.1. The average molecular weight is 515 g/mol. The molecular weight excluding hydrogens is 482 g/mol. The Hall–Kier alpha value is -3.73. The van der Waals surface area contributed by atoms with Gasteiger partial charge in [0.1, 0.15) is 11.6 Å². The quantitative estimate of drug-likeness (QED) is 0.351. The number of quaternary nitrogens is 1. The van der Waals surface area contributed by atoms with Gasteiger partial charge in [0.05, 0.1) is 42.5 Å². The number of fused-ring (bicyclic) bond motifs is 2. The SMILES string of the molecule is COc1c2c(cc3c1[C@H](CC(=O)c1c(C)c([N+](=O)[O-])c(C(C)(C)C)c([N+](=O)[O-])c1C)[NH+](C)CC3)OCO2. The van der Waals surface area contributed by atoms with E-state index in [-0.39, 0.29) is 52.9 Å². The number of nitro benzene ring substituents is 2. The molecule has 1 N–H and O–H groups in total. The predicted octanol–water partition coefficient (Wildman–Crippen LogP) is 3.54. The number of carbonyl (C=O) groups is 1. The lowest BCUT2D eigenvalue weighted by Crippen LogP contribution is -3.10. The molecule has 0 fully saturated rings. The van der Waals surface area contributed by atoms with Crippen molar-refractivity contribution in [1.82, 2.24) is 0 Å². The first kappa shape index (κ1) is 26.3. The van der Waals surface area contributed by atoms with E-state index in [0.29, 0.717) is 17.2 Å². The van der Waals surface area contributed by atoms with E-state index < -0.39 is 21.0 Å². The van der Waals surface area contributed by atoms with Crippen LogP contribution in [-0.2, 0) is 11.8 Å². The fourth-order valence-electron chi connectivity index (χ4n) is 5.78. The lowest BCUT2D eigenvalue weighted by Gasteiger charge is -2.33. The highest BCUT2D eigenvalue weighted by Gasteiger charge is 2.43. The van der Waals surface area contributed by atoms with Crippen molar-refractivity contribution in [2.45, 2.75) is 58.9 Å². The number of nitro groups is 2. The number of Topliss-reactive ketones (excluding diaryl/α,β-unsaturated/α-hetero) is 1. The summed E-state index contributed by atoms with van der Waals surface area (Å²) in [6, 6.07) is 1.56. The summed E-state index contributed by atoms with van der Waals surface area (Å²) >= 11 is 0. The standard InChI is InChI=1S/C26H31N3O8/c1-13-19(14(2)23(29(33)34)21(26(3,4)5)22(13)28(31)32)17(30)11-16-20-15(8-9-27(16)6)10-18-24(25(20)35-7)37-12-36-18/h10,16H,8-9,11-12H2,1-7H3/p+1/t16-/m0/s1. The molecular formula is C26H32N3O8+. The molecule has 2 atom stereocenters. The number of methoxy groups -OCH3 is 1. The summed E-state index contributed by atoms with van der Waals surface area (Å²) < 4.78 is 16.9. The number of ether oxygens (including phenoxy) is 3. The molecule has 2 aromatic rings. The Kier molecular flexibility index (Phi) is 6.61. The first-order chi connectivity index (χ1) is 17.3. The molecule has 11 nitrogen and oxygen atoms in total. The smallest absolute Gasteiger partial charge is 0.283 e. The lowest BCUT2D eigenvalue weighted by atomic mass is 9.79. The van der Waals surface area contributed by atoms with E-state index in [1.807, 2.05) is 13.1 Å². The van der Waals surface area contributed by atoms with E-state index >= 15 is 0 Å². The highest BCUT2D eigenvalue weighted by atomic mass is 16.7. The zero-order valence-corrected chi connectivity index (χ0v) is 22.1. The Morgan fingerprint density at radius 2 is 1.73 bits per heavy atom. The van der Waals surface area contributed by atoms with E-state index in [0.717, 1.165) is 29.0 Å². The van der Waals surface area contributed by atoms with Crippen molar-refractivity contribution < 1.29 is 33.8 Å². The van der Waals surface area contributed by atoms with Gasteiger partial charge in [-0.05, 0) is 25.5 Å². The maximum absolute atomic E-state index is 13.9. The van der Waals surface area contributed by atoms with Gasteiger partial charge in [0, 0.05) is 28.5 Å². The molecule has 2 aliphatic rings. The van der Waals surface area contributed by atoms with E-state index in [4.69, 9.17) is 14.2 Å². The molecule has 2 heterocycles. The fourth-order valence-corrected chi connectivity index (χ4v) is 5.78. The summed E-state index contributed by atoms with van der Waals surface area (Å²) in [7, 11) is 3.50. The van der Waals surface area contributed by atoms with Crippen LogP contribution in [0.25, 0.3) is 0 Å². The third-order valence-corrected chi connectivity index (χ3v) is 7.40. The molecule has 2 aromatic carbocycles. The van der Waals surface area contributed by atoms with Crippen LogP contribution in [0.5, 0.6) is 17.2 Å². The molecule has 0 aliphatic carbocycles. The van der Waals surface area contributed by atoms with E-state index in [1.165, 1.54) is 21.0 Å². The fraction of sp³-hybridized carbons (Fsp3) is 0.500. The minimum absolute atomic E-state index is 0.0142. The number of rotatable bonds is 6. The molecule has 0 saturated carbocycles. The topological polar surface area (TPSA) is 135 Å². The molecule has 2 aliphatic heterocycles. The zero-order valence-electron chi connectivity index (χ0n) is 22.1. The van der Waals surface area contributed by atoms with Gasteiger partial charge in [-0.15, -0.1) is 0 Å². The summed E-state index contributed by atoms with van der Waals surface area (Å²) in [6.45, 7) is 8.90. The van der Waals surface area contributed by atoms with Gasteiger partial charge in [-0.1, -0.05) is 20.8 Å². The number of hydrogen-bond donors (Lipinski definition) is 1. The van der Waals surface area contributed by atoms with Gasteiger partial charge in [0.25, 0.3) is 11.4 Å². The Balaban J connectivity index is 1.88. The van der Waals surface area contributed by atoms with Gasteiger partial charge >= 0.3 is 0 Å². The van der Waals surface area contributed by atoms with Crippen molar-refractivity contribution in [3.8, 4) is 17.2 Å². The van der Waals surface area contributed by atoms with Crippen LogP contribution in [0.1, 0.15) is 71.4 Å². The van der Waals surface area contributed by atoms with Crippen LogP contribution in [0.3, 0.4) is 0 Å². The third-order valence-electron chi connectivity index (χ3n) is 7.40. The van der Waals surface area contributed by atoms with Crippen molar-refractivity contribution in [3.63, 3.8) is 0 Å². The number of ketones is 1. The molecule has 0 amide bonds. The van der Waals surface area contributed by atoms with Crippen LogP contribution >= 0.6 is 0 Å². The van der Waals surface area contributed by atoms with Gasteiger partial charge in [-0.25, -0.2) is 0 Å². The van der Waals surface area contributed by atoms with Crippen molar-refractivity contribution in [3.05, 3.63) is 59.7 Å². The second-order valence-corrected chi connectivity index (χ2v) is 10.7. The van der Waals surface area contributed by atoms with Crippen LogP contribution < -0.4 is 19.1 Å². The first-order valence-corrected chi connectivity index (χ1v) is 12.1. The molecule has 37 heavy (non-hydrogen) atoms. The Morgan fingerprint density at radius 1 is 1.14 bits per heavy atom. The van der Waals surface area contributed by atoms with E-state index in [2.05, 4.69) is 0 Å². The van der Waals surface area contributed by atoms with Gasteiger partial charge in [0.2, 0.25) is 12.5 Å². The van der Waals surface area contributed by atoms with Gasteiger partial charge in [0.15, 0.2) is 17.3 Å². The van der Waals surface area contributed by atoms with Crippen LogP contribution in [-0.4, -0.2) is 43.1 Å². The predicted molar refractivity (Wildman–Crippen MR) is 134 cm³/mol. The van der Waals surface area contributed by atoms with Crippen molar-refractivity contribution >= 4 is 17.2 Å². The number of carbonyl (C=O) groups excluding carboxylic acids is 1. The minimum Gasteiger partial charge on any atom is -0.492 e. The Labute approximate surface area is 214 Å². The molecule has 0 bridgehead atoms. The number of benzene rings is 2. The monoisotopic (exact) mass is 514 g/mol. The van der Waals surface area contributed by atoms with Crippen LogP contribution in [0.4, 0.5) is 11.4 Å². The Bertz CT molecular complexity index is 1290. The van der Waals surface area contributed by atoms with Crippen molar-refractivity contribution in [1.29, 1.82) is 0 Å². The maximum Gasteiger partial charge on any atom is 0.283 e.